The van der Waals surface area contributed by atoms with Crippen LogP contribution in [0.2, 0.25) is 5.02 Å². The average molecular weight is 257 g/mol. The van der Waals surface area contributed by atoms with Crippen LogP contribution in [0.25, 0.3) is 0 Å². The van der Waals surface area contributed by atoms with Gasteiger partial charge in [0.25, 0.3) is 0 Å². The molecule has 0 saturated heterocycles. The summed E-state index contributed by atoms with van der Waals surface area (Å²) in [5.74, 6) is 0. The van der Waals surface area contributed by atoms with Crippen LogP contribution in [0.5, 0.6) is 0 Å². The Kier molecular flexibility index (Phi) is 3.03. The van der Waals surface area contributed by atoms with Gasteiger partial charge in [0, 0.05) is 11.4 Å². The van der Waals surface area contributed by atoms with E-state index in [-0.39, 0.29) is 6.04 Å². The Labute approximate surface area is 111 Å². The molecule has 3 rings (SSSR count). The summed E-state index contributed by atoms with van der Waals surface area (Å²) >= 11 is 6.21. The van der Waals surface area contributed by atoms with Crippen molar-refractivity contribution >= 4 is 17.3 Å². The molecule has 2 nitrogen and oxygen atoms in total. The van der Waals surface area contributed by atoms with Crippen LogP contribution < -0.4 is 5.43 Å². The van der Waals surface area contributed by atoms with Gasteiger partial charge in [0.1, 0.15) is 0 Å². The highest BCUT2D eigenvalue weighted by molar-refractivity contribution is 6.31. The first kappa shape index (κ1) is 11.3. The highest BCUT2D eigenvalue weighted by Crippen LogP contribution is 2.29. The molecule has 2 aromatic rings. The van der Waals surface area contributed by atoms with Gasteiger partial charge < -0.3 is 5.43 Å². The molecule has 1 aliphatic heterocycles. The van der Waals surface area contributed by atoms with Crippen molar-refractivity contribution in [3.05, 3.63) is 70.7 Å². The Morgan fingerprint density at radius 1 is 1.00 bits per heavy atom. The van der Waals surface area contributed by atoms with E-state index in [2.05, 4.69) is 22.7 Å². The van der Waals surface area contributed by atoms with E-state index in [1.807, 2.05) is 42.5 Å². The van der Waals surface area contributed by atoms with Gasteiger partial charge in [0.05, 0.1) is 11.8 Å². The molecule has 1 unspecified atom stereocenters. The molecule has 0 aromatic heterocycles. The van der Waals surface area contributed by atoms with Crippen LogP contribution in [0.3, 0.4) is 0 Å². The Bertz CT molecular complexity index is 578. The molecule has 0 fully saturated rings. The third-order valence-electron chi connectivity index (χ3n) is 3.14. The molecule has 0 radical (unpaired) electrons. The number of halogens is 1. The maximum Gasteiger partial charge on any atom is 0.0760 e. The summed E-state index contributed by atoms with van der Waals surface area (Å²) in [6.07, 6.45) is 0.869. The molecular formula is C15H13ClN2. The zero-order chi connectivity index (χ0) is 12.4. The largest absolute Gasteiger partial charge is 0.302 e. The molecule has 0 amide bonds. The van der Waals surface area contributed by atoms with E-state index in [1.165, 1.54) is 5.56 Å². The smallest absolute Gasteiger partial charge is 0.0760 e. The predicted molar refractivity (Wildman–Crippen MR) is 74.9 cm³/mol. The van der Waals surface area contributed by atoms with Crippen LogP contribution in [0, 0.1) is 0 Å². The molecule has 3 heteroatoms. The average Bonchev–Trinajstić information content (AvgIpc) is 2.90. The van der Waals surface area contributed by atoms with Gasteiger partial charge in [0.15, 0.2) is 0 Å². The summed E-state index contributed by atoms with van der Waals surface area (Å²) in [5.41, 5.74) is 6.52. The second-order valence-corrected chi connectivity index (χ2v) is 4.74. The lowest BCUT2D eigenvalue weighted by Gasteiger charge is -2.11. The van der Waals surface area contributed by atoms with Crippen LogP contribution in [-0.2, 0) is 0 Å². The summed E-state index contributed by atoms with van der Waals surface area (Å²) in [6.45, 7) is 0. The SMILES string of the molecule is Clc1ccccc1C1CC(c2ccccc2)=NN1. The van der Waals surface area contributed by atoms with E-state index in [9.17, 15) is 0 Å². The first-order chi connectivity index (χ1) is 8.84. The highest BCUT2D eigenvalue weighted by Gasteiger charge is 2.22. The monoisotopic (exact) mass is 256 g/mol. The number of nitrogens with one attached hydrogen (secondary N) is 1. The number of benzene rings is 2. The van der Waals surface area contributed by atoms with Gasteiger partial charge >= 0.3 is 0 Å². The lowest BCUT2D eigenvalue weighted by Crippen LogP contribution is -2.10. The van der Waals surface area contributed by atoms with Gasteiger partial charge in [0.2, 0.25) is 0 Å². The number of hydrazone groups is 1. The fourth-order valence-corrected chi connectivity index (χ4v) is 2.46. The van der Waals surface area contributed by atoms with Gasteiger partial charge in [-0.25, -0.2) is 0 Å². The van der Waals surface area contributed by atoms with Crippen molar-refractivity contribution in [3.8, 4) is 0 Å². The van der Waals surface area contributed by atoms with E-state index in [1.54, 1.807) is 0 Å². The van der Waals surface area contributed by atoms with Gasteiger partial charge in [-0.15, -0.1) is 0 Å². The van der Waals surface area contributed by atoms with Crippen molar-refractivity contribution < 1.29 is 0 Å². The fraction of sp³-hybridized carbons (Fsp3) is 0.133. The first-order valence-corrected chi connectivity index (χ1v) is 6.34. The minimum absolute atomic E-state index is 0.175. The van der Waals surface area contributed by atoms with Crippen molar-refractivity contribution in [1.29, 1.82) is 0 Å². The molecule has 0 bridgehead atoms. The maximum absolute atomic E-state index is 6.21. The minimum Gasteiger partial charge on any atom is -0.302 e. The summed E-state index contributed by atoms with van der Waals surface area (Å²) < 4.78 is 0. The van der Waals surface area contributed by atoms with E-state index < -0.39 is 0 Å². The Morgan fingerprint density at radius 2 is 1.72 bits per heavy atom. The second-order valence-electron chi connectivity index (χ2n) is 4.33. The molecule has 2 aromatic carbocycles. The Morgan fingerprint density at radius 3 is 2.50 bits per heavy atom. The lowest BCUT2D eigenvalue weighted by molar-refractivity contribution is 0.620. The normalized spacial score (nSPS) is 18.3. The van der Waals surface area contributed by atoms with Gasteiger partial charge in [-0.2, -0.15) is 5.10 Å². The molecule has 18 heavy (non-hydrogen) atoms. The molecule has 1 N–H and O–H groups in total. The van der Waals surface area contributed by atoms with Crippen LogP contribution in [-0.4, -0.2) is 5.71 Å². The van der Waals surface area contributed by atoms with Gasteiger partial charge in [-0.3, -0.25) is 0 Å². The minimum atomic E-state index is 0.175. The number of hydrogen-bond acceptors (Lipinski definition) is 2. The summed E-state index contributed by atoms with van der Waals surface area (Å²) in [6, 6.07) is 18.3. The van der Waals surface area contributed by atoms with Gasteiger partial charge in [-0.05, 0) is 17.2 Å². The molecule has 1 heterocycles. The van der Waals surface area contributed by atoms with Crippen molar-refractivity contribution in [2.75, 3.05) is 0 Å². The quantitative estimate of drug-likeness (QED) is 0.869. The highest BCUT2D eigenvalue weighted by atomic mass is 35.5. The van der Waals surface area contributed by atoms with Crippen LogP contribution in [0.1, 0.15) is 23.6 Å². The molecule has 0 aliphatic carbocycles. The van der Waals surface area contributed by atoms with E-state index in [4.69, 9.17) is 11.6 Å². The predicted octanol–water partition coefficient (Wildman–Crippen LogP) is 3.78. The molecule has 1 aliphatic rings. The standard InChI is InChI=1S/C15H13ClN2/c16-13-9-5-4-8-12(13)15-10-14(17-18-15)11-6-2-1-3-7-11/h1-9,15,18H,10H2. The first-order valence-electron chi connectivity index (χ1n) is 5.96. The van der Waals surface area contributed by atoms with Crippen LogP contribution >= 0.6 is 11.6 Å². The number of rotatable bonds is 2. The van der Waals surface area contributed by atoms with E-state index in [0.29, 0.717) is 0 Å². The molecule has 0 saturated carbocycles. The third-order valence-corrected chi connectivity index (χ3v) is 3.48. The topological polar surface area (TPSA) is 24.4 Å². The summed E-state index contributed by atoms with van der Waals surface area (Å²) in [4.78, 5) is 0. The Hall–Kier alpha value is -1.80. The maximum atomic E-state index is 6.21. The molecule has 1 atom stereocenters. The van der Waals surface area contributed by atoms with Crippen molar-refractivity contribution in [2.24, 2.45) is 5.10 Å². The van der Waals surface area contributed by atoms with Crippen molar-refractivity contribution in [3.63, 3.8) is 0 Å². The molecular weight excluding hydrogens is 244 g/mol. The zero-order valence-electron chi connectivity index (χ0n) is 9.81. The van der Waals surface area contributed by atoms with E-state index >= 15 is 0 Å². The van der Waals surface area contributed by atoms with Crippen molar-refractivity contribution in [1.82, 2.24) is 5.43 Å². The zero-order valence-corrected chi connectivity index (χ0v) is 10.6. The van der Waals surface area contributed by atoms with E-state index in [0.717, 1.165) is 22.7 Å². The lowest BCUT2D eigenvalue weighted by atomic mass is 9.99. The molecule has 90 valence electrons. The summed E-state index contributed by atoms with van der Waals surface area (Å²) in [5, 5.41) is 5.20. The van der Waals surface area contributed by atoms with Gasteiger partial charge in [-0.1, -0.05) is 60.1 Å². The number of hydrogen-bond donors (Lipinski definition) is 1. The third kappa shape index (κ3) is 2.12. The van der Waals surface area contributed by atoms with Crippen LogP contribution in [0.4, 0.5) is 0 Å². The van der Waals surface area contributed by atoms with Crippen molar-refractivity contribution in [2.45, 2.75) is 12.5 Å². The Balaban J connectivity index is 1.81. The second kappa shape index (κ2) is 4.83. The van der Waals surface area contributed by atoms with Crippen LogP contribution in [0.15, 0.2) is 59.7 Å². The fourth-order valence-electron chi connectivity index (χ4n) is 2.19. The number of nitrogens with zero attached hydrogens (tertiary/aromatic N) is 1. The summed E-state index contributed by atoms with van der Waals surface area (Å²) in [7, 11) is 0. The molecule has 0 spiro atoms.